The molecule has 0 aliphatic heterocycles. The van der Waals surface area contributed by atoms with Gasteiger partial charge < -0.3 is 0 Å². The zero-order valence-electron chi connectivity index (χ0n) is 6.81. The van der Waals surface area contributed by atoms with E-state index in [4.69, 9.17) is 0 Å². The van der Waals surface area contributed by atoms with E-state index in [2.05, 4.69) is 15.5 Å². The van der Waals surface area contributed by atoms with Crippen LogP contribution in [-0.4, -0.2) is 25.3 Å². The molecule has 0 bridgehead atoms. The fraction of sp³-hybridized carbons (Fsp3) is 0.667. The van der Waals surface area contributed by atoms with Crippen LogP contribution in [0.3, 0.4) is 0 Å². The Morgan fingerprint density at radius 2 is 2.08 bits per heavy atom. The molecule has 3 nitrogen and oxygen atoms in total. The number of nitrogens with zero attached hydrogens (tertiary/aromatic N) is 2. The molecule has 0 rings (SSSR count). The van der Waals surface area contributed by atoms with Crippen molar-refractivity contribution in [1.82, 2.24) is 5.43 Å². The Morgan fingerprint density at radius 1 is 1.50 bits per heavy atom. The van der Waals surface area contributed by atoms with Crippen molar-refractivity contribution < 1.29 is 13.2 Å². The maximum Gasteiger partial charge on any atom is 0.428 e. The number of alkyl halides is 3. The van der Waals surface area contributed by atoms with Crippen LogP contribution in [0.15, 0.2) is 10.1 Å². The van der Waals surface area contributed by atoms with Gasteiger partial charge in [0.1, 0.15) is 12.1 Å². The topological polar surface area (TPSA) is 36.8 Å². The summed E-state index contributed by atoms with van der Waals surface area (Å²) in [6.07, 6.45) is -3.97. The normalized spacial score (nSPS) is 13.9. The summed E-state index contributed by atoms with van der Waals surface area (Å²) in [5.74, 6) is 0.413. The van der Waals surface area contributed by atoms with Crippen molar-refractivity contribution in [2.75, 3.05) is 7.05 Å². The smallest absolute Gasteiger partial charge is 0.274 e. The van der Waals surface area contributed by atoms with Gasteiger partial charge >= 0.3 is 6.18 Å². The lowest BCUT2D eigenvalue weighted by molar-refractivity contribution is -0.0538. The van der Waals surface area contributed by atoms with Crippen molar-refractivity contribution in [3.05, 3.63) is 0 Å². The molecule has 0 spiro atoms. The van der Waals surface area contributed by atoms with E-state index < -0.39 is 6.18 Å². The van der Waals surface area contributed by atoms with Gasteiger partial charge in [0.25, 0.3) is 0 Å². The molecule has 0 aromatic heterocycles. The van der Waals surface area contributed by atoms with E-state index in [0.717, 1.165) is 0 Å². The zero-order chi connectivity index (χ0) is 9.61. The van der Waals surface area contributed by atoms with Crippen LogP contribution in [0.1, 0.15) is 13.3 Å². The highest BCUT2D eigenvalue weighted by Gasteiger charge is 2.23. The number of rotatable bonds is 2. The average molecular weight is 181 g/mol. The van der Waals surface area contributed by atoms with Gasteiger partial charge in [-0.3, -0.25) is 10.4 Å². The highest BCUT2D eigenvalue weighted by Crippen LogP contribution is 2.09. The van der Waals surface area contributed by atoms with Crippen molar-refractivity contribution in [3.8, 4) is 0 Å². The highest BCUT2D eigenvalue weighted by atomic mass is 19.4. The van der Waals surface area contributed by atoms with Crippen molar-refractivity contribution in [3.63, 3.8) is 0 Å². The van der Waals surface area contributed by atoms with Crippen molar-refractivity contribution in [1.29, 1.82) is 0 Å². The lowest BCUT2D eigenvalue weighted by Crippen LogP contribution is -2.19. The van der Waals surface area contributed by atoms with Gasteiger partial charge in [-0.1, -0.05) is 6.92 Å². The SMILES string of the molecule is CCC(=NC)N/N=C/C(F)(F)F. The molecule has 0 aliphatic carbocycles. The second-order valence-corrected chi connectivity index (χ2v) is 1.94. The summed E-state index contributed by atoms with van der Waals surface area (Å²) in [6.45, 7) is 1.76. The lowest BCUT2D eigenvalue weighted by atomic mass is 10.4. The van der Waals surface area contributed by atoms with E-state index in [1.807, 2.05) is 0 Å². The van der Waals surface area contributed by atoms with Crippen molar-refractivity contribution >= 4 is 12.1 Å². The molecule has 0 unspecified atom stereocenters. The number of amidine groups is 1. The molecule has 0 heterocycles. The van der Waals surface area contributed by atoms with Crippen LogP contribution < -0.4 is 5.43 Å². The number of hydrogen-bond donors (Lipinski definition) is 1. The van der Waals surface area contributed by atoms with Crippen LogP contribution in [0.2, 0.25) is 0 Å². The van der Waals surface area contributed by atoms with Crippen molar-refractivity contribution in [2.24, 2.45) is 10.1 Å². The van der Waals surface area contributed by atoms with Gasteiger partial charge in [-0.25, -0.2) is 0 Å². The molecule has 0 amide bonds. The highest BCUT2D eigenvalue weighted by molar-refractivity contribution is 5.82. The Hall–Kier alpha value is -1.07. The van der Waals surface area contributed by atoms with Gasteiger partial charge in [0.2, 0.25) is 0 Å². The second kappa shape index (κ2) is 4.74. The first-order chi connectivity index (χ1) is 5.49. The minimum atomic E-state index is -4.38. The van der Waals surface area contributed by atoms with Crippen LogP contribution in [0.5, 0.6) is 0 Å². The molecule has 0 fully saturated rings. The minimum Gasteiger partial charge on any atom is -0.274 e. The van der Waals surface area contributed by atoms with E-state index in [-0.39, 0.29) is 6.21 Å². The second-order valence-electron chi connectivity index (χ2n) is 1.94. The molecule has 12 heavy (non-hydrogen) atoms. The van der Waals surface area contributed by atoms with Gasteiger partial charge in [0.15, 0.2) is 0 Å². The first-order valence-electron chi connectivity index (χ1n) is 3.32. The van der Waals surface area contributed by atoms with Crippen LogP contribution in [0.4, 0.5) is 13.2 Å². The Kier molecular flexibility index (Phi) is 4.31. The summed E-state index contributed by atoms with van der Waals surface area (Å²) in [4.78, 5) is 3.65. The monoisotopic (exact) mass is 181 g/mol. The van der Waals surface area contributed by atoms with E-state index in [1.165, 1.54) is 7.05 Å². The predicted octanol–water partition coefficient (Wildman–Crippen LogP) is 1.56. The molecule has 0 aliphatic rings. The largest absolute Gasteiger partial charge is 0.428 e. The first kappa shape index (κ1) is 10.9. The number of hydrazone groups is 1. The molecule has 0 saturated heterocycles. The standard InChI is InChI=1S/C6H10F3N3/c1-3-5(10-2)12-11-4-6(7,8)9/h4H,3H2,1-2H3,(H,10,12)/b11-4+. The maximum absolute atomic E-state index is 11.5. The van der Waals surface area contributed by atoms with Crippen LogP contribution >= 0.6 is 0 Å². The summed E-state index contributed by atoms with van der Waals surface area (Å²) in [7, 11) is 1.48. The molecule has 6 heteroatoms. The predicted molar refractivity (Wildman–Crippen MR) is 41.3 cm³/mol. The molecular formula is C6H10F3N3. The van der Waals surface area contributed by atoms with Crippen molar-refractivity contribution in [2.45, 2.75) is 19.5 Å². The van der Waals surface area contributed by atoms with Gasteiger partial charge in [-0.05, 0) is 0 Å². The third-order valence-electron chi connectivity index (χ3n) is 1.01. The molecule has 0 aromatic rings. The zero-order valence-corrected chi connectivity index (χ0v) is 6.81. The summed E-state index contributed by atoms with van der Waals surface area (Å²) < 4.78 is 34.5. The molecule has 0 saturated carbocycles. The average Bonchev–Trinajstić information content (AvgIpc) is 1.96. The van der Waals surface area contributed by atoms with Crippen LogP contribution in [0, 0.1) is 0 Å². The van der Waals surface area contributed by atoms with Crippen LogP contribution in [0.25, 0.3) is 0 Å². The Bertz CT molecular complexity index is 183. The summed E-state index contributed by atoms with van der Waals surface area (Å²) >= 11 is 0. The summed E-state index contributed by atoms with van der Waals surface area (Å²) in [5.41, 5.74) is 2.18. The van der Waals surface area contributed by atoms with Crippen LogP contribution in [-0.2, 0) is 0 Å². The van der Waals surface area contributed by atoms with E-state index in [1.54, 1.807) is 6.92 Å². The Labute approximate surface area is 68.4 Å². The van der Waals surface area contributed by atoms with Gasteiger partial charge in [-0.15, -0.1) is 0 Å². The molecular weight excluding hydrogens is 171 g/mol. The third kappa shape index (κ3) is 5.70. The summed E-state index contributed by atoms with van der Waals surface area (Å²) in [5, 5.41) is 2.95. The number of aliphatic imine (C=N–C) groups is 1. The molecule has 70 valence electrons. The van der Waals surface area contributed by atoms with E-state index >= 15 is 0 Å². The van der Waals surface area contributed by atoms with Gasteiger partial charge in [-0.2, -0.15) is 18.3 Å². The van der Waals surface area contributed by atoms with Gasteiger partial charge in [0.05, 0.1) is 0 Å². The molecule has 0 atom stereocenters. The molecule has 1 N–H and O–H groups in total. The molecule has 0 radical (unpaired) electrons. The summed E-state index contributed by atoms with van der Waals surface area (Å²) in [6, 6.07) is 0. The fourth-order valence-electron chi connectivity index (χ4n) is 0.467. The Morgan fingerprint density at radius 3 is 2.42 bits per heavy atom. The van der Waals surface area contributed by atoms with Gasteiger partial charge in [0, 0.05) is 13.5 Å². The quantitative estimate of drug-likeness (QED) is 0.391. The van der Waals surface area contributed by atoms with E-state index in [0.29, 0.717) is 12.3 Å². The Balaban J connectivity index is 3.90. The fourth-order valence-corrected chi connectivity index (χ4v) is 0.467. The third-order valence-corrected chi connectivity index (χ3v) is 1.01. The number of hydrogen-bond acceptors (Lipinski definition) is 2. The lowest BCUT2D eigenvalue weighted by Gasteiger charge is -2.00. The first-order valence-corrected chi connectivity index (χ1v) is 3.32. The maximum atomic E-state index is 11.5. The van der Waals surface area contributed by atoms with E-state index in [9.17, 15) is 13.2 Å². The number of halogens is 3. The number of nitrogens with one attached hydrogen (secondary N) is 1. The molecule has 0 aromatic carbocycles. The minimum absolute atomic E-state index is 0.117.